The van der Waals surface area contributed by atoms with Crippen LogP contribution in [0.2, 0.25) is 5.02 Å². The van der Waals surface area contributed by atoms with Crippen LogP contribution in [0.4, 0.5) is 0 Å². The van der Waals surface area contributed by atoms with Crippen LogP contribution in [0, 0.1) is 0 Å². The van der Waals surface area contributed by atoms with Crippen molar-refractivity contribution in [3.63, 3.8) is 0 Å². The van der Waals surface area contributed by atoms with Crippen LogP contribution in [0.15, 0.2) is 28.7 Å². The summed E-state index contributed by atoms with van der Waals surface area (Å²) in [4.78, 5) is 12.0. The number of nitrogens with one attached hydrogen (secondary N) is 1. The first-order chi connectivity index (χ1) is 8.37. The van der Waals surface area contributed by atoms with Gasteiger partial charge in [0, 0.05) is 10.9 Å². The van der Waals surface area contributed by atoms with Crippen molar-refractivity contribution in [1.29, 1.82) is 0 Å². The summed E-state index contributed by atoms with van der Waals surface area (Å²) in [5.74, 6) is 0.270. The van der Waals surface area contributed by atoms with E-state index in [1.54, 1.807) is 12.1 Å². The van der Waals surface area contributed by atoms with Gasteiger partial charge in [0.25, 0.3) is 0 Å². The number of Topliss-reactive ketones (excluding diaryl/α,β-unsaturated/α-hetero) is 1. The highest BCUT2D eigenvalue weighted by Gasteiger charge is 2.16. The molecule has 0 unspecified atom stereocenters. The summed E-state index contributed by atoms with van der Waals surface area (Å²) in [5.41, 5.74) is 0.470. The highest BCUT2D eigenvalue weighted by Crippen LogP contribution is 2.26. The van der Waals surface area contributed by atoms with Crippen LogP contribution in [-0.4, -0.2) is 17.9 Å². The van der Waals surface area contributed by atoms with E-state index in [0.717, 1.165) is 5.39 Å². The van der Waals surface area contributed by atoms with Gasteiger partial charge in [-0.3, -0.25) is 4.79 Å². The summed E-state index contributed by atoms with van der Waals surface area (Å²) in [6, 6.07) is 7.18. The smallest absolute Gasteiger partial charge is 0.211 e. The lowest BCUT2D eigenvalue weighted by atomic mass is 10.1. The van der Waals surface area contributed by atoms with E-state index in [9.17, 15) is 4.79 Å². The lowest BCUT2D eigenvalue weighted by Crippen LogP contribution is -2.39. The fourth-order valence-electron chi connectivity index (χ4n) is 1.60. The number of carbonyl (C=O) groups excluding carboxylic acids is 1. The molecule has 18 heavy (non-hydrogen) atoms. The van der Waals surface area contributed by atoms with Crippen molar-refractivity contribution >= 4 is 28.4 Å². The molecular weight excluding hydrogens is 250 g/mol. The van der Waals surface area contributed by atoms with Crippen molar-refractivity contribution < 1.29 is 9.21 Å². The van der Waals surface area contributed by atoms with E-state index in [2.05, 4.69) is 5.32 Å². The molecule has 1 N–H and O–H groups in total. The number of hydrogen-bond acceptors (Lipinski definition) is 3. The molecule has 0 aliphatic heterocycles. The first kappa shape index (κ1) is 13.1. The van der Waals surface area contributed by atoms with E-state index >= 15 is 0 Å². The van der Waals surface area contributed by atoms with Gasteiger partial charge in [-0.15, -0.1) is 0 Å². The van der Waals surface area contributed by atoms with Crippen LogP contribution in [0.1, 0.15) is 31.3 Å². The Morgan fingerprint density at radius 3 is 2.72 bits per heavy atom. The first-order valence-electron chi connectivity index (χ1n) is 5.83. The van der Waals surface area contributed by atoms with Crippen molar-refractivity contribution in [3.8, 4) is 0 Å². The second-order valence-corrected chi connectivity index (χ2v) is 5.70. The third-order valence-electron chi connectivity index (χ3n) is 2.55. The van der Waals surface area contributed by atoms with Gasteiger partial charge in [-0.25, -0.2) is 0 Å². The van der Waals surface area contributed by atoms with Gasteiger partial charge in [-0.1, -0.05) is 23.7 Å². The summed E-state index contributed by atoms with van der Waals surface area (Å²) in [6.07, 6.45) is 0. The number of carbonyl (C=O) groups is 1. The summed E-state index contributed by atoms with van der Waals surface area (Å²) >= 11 is 6.00. The minimum atomic E-state index is -0.0979. The zero-order valence-electron chi connectivity index (χ0n) is 10.7. The van der Waals surface area contributed by atoms with Crippen molar-refractivity contribution in [1.82, 2.24) is 5.32 Å². The van der Waals surface area contributed by atoms with Crippen LogP contribution in [0.25, 0.3) is 11.0 Å². The molecule has 3 nitrogen and oxygen atoms in total. The number of para-hydroxylation sites is 1. The van der Waals surface area contributed by atoms with Crippen LogP contribution in [0.3, 0.4) is 0 Å². The second-order valence-electron chi connectivity index (χ2n) is 5.30. The Kier molecular flexibility index (Phi) is 3.46. The first-order valence-corrected chi connectivity index (χ1v) is 6.21. The van der Waals surface area contributed by atoms with Crippen LogP contribution in [-0.2, 0) is 0 Å². The van der Waals surface area contributed by atoms with Gasteiger partial charge in [-0.05, 0) is 32.9 Å². The topological polar surface area (TPSA) is 42.2 Å². The quantitative estimate of drug-likeness (QED) is 0.862. The maximum atomic E-state index is 12.0. The van der Waals surface area contributed by atoms with E-state index in [1.807, 2.05) is 32.9 Å². The summed E-state index contributed by atoms with van der Waals surface area (Å²) in [6.45, 7) is 6.28. The molecule has 96 valence electrons. The van der Waals surface area contributed by atoms with Gasteiger partial charge in [0.15, 0.2) is 11.3 Å². The molecule has 2 aromatic rings. The number of fused-ring (bicyclic) bond motifs is 1. The Hall–Kier alpha value is -1.32. The molecule has 1 heterocycles. The Morgan fingerprint density at radius 1 is 1.39 bits per heavy atom. The number of benzene rings is 1. The fourth-order valence-corrected chi connectivity index (χ4v) is 1.82. The van der Waals surface area contributed by atoms with Gasteiger partial charge in [0.2, 0.25) is 5.78 Å². The highest BCUT2D eigenvalue weighted by atomic mass is 35.5. The van der Waals surface area contributed by atoms with E-state index in [0.29, 0.717) is 16.4 Å². The molecule has 0 saturated heterocycles. The molecule has 0 saturated carbocycles. The molecule has 0 atom stereocenters. The number of furan rings is 1. The van der Waals surface area contributed by atoms with Crippen LogP contribution < -0.4 is 5.32 Å². The Labute approximate surface area is 111 Å². The normalized spacial score (nSPS) is 12.0. The van der Waals surface area contributed by atoms with Crippen LogP contribution >= 0.6 is 11.6 Å². The second kappa shape index (κ2) is 4.75. The third-order valence-corrected chi connectivity index (χ3v) is 2.85. The lowest BCUT2D eigenvalue weighted by molar-refractivity contribution is 0.0957. The van der Waals surface area contributed by atoms with Gasteiger partial charge >= 0.3 is 0 Å². The van der Waals surface area contributed by atoms with Crippen LogP contribution in [0.5, 0.6) is 0 Å². The maximum Gasteiger partial charge on any atom is 0.211 e. The molecule has 0 spiro atoms. The number of ketones is 1. The summed E-state index contributed by atoms with van der Waals surface area (Å²) in [7, 11) is 0. The standard InChI is InChI=1S/C14H16ClNO2/c1-14(2,3)16-8-11(17)12-7-9-5-4-6-10(15)13(9)18-12/h4-7,16H,8H2,1-3H3. The van der Waals surface area contributed by atoms with Crippen molar-refractivity contribution in [3.05, 3.63) is 35.0 Å². The molecule has 1 aromatic carbocycles. The van der Waals surface area contributed by atoms with Crippen molar-refractivity contribution in [2.75, 3.05) is 6.54 Å². The van der Waals surface area contributed by atoms with Crippen molar-refractivity contribution in [2.45, 2.75) is 26.3 Å². The van der Waals surface area contributed by atoms with Gasteiger partial charge < -0.3 is 9.73 Å². The number of halogens is 1. The highest BCUT2D eigenvalue weighted by molar-refractivity contribution is 6.34. The van der Waals surface area contributed by atoms with Gasteiger partial charge in [-0.2, -0.15) is 0 Å². The Bertz CT molecular complexity index is 581. The molecular formula is C14H16ClNO2. The van der Waals surface area contributed by atoms with Gasteiger partial charge in [0.1, 0.15) is 0 Å². The monoisotopic (exact) mass is 265 g/mol. The molecule has 2 rings (SSSR count). The lowest BCUT2D eigenvalue weighted by Gasteiger charge is -2.19. The molecule has 0 amide bonds. The third kappa shape index (κ3) is 2.92. The zero-order chi connectivity index (χ0) is 13.3. The predicted octanol–water partition coefficient (Wildman–Crippen LogP) is 3.66. The minimum absolute atomic E-state index is 0.0720. The molecule has 0 fully saturated rings. The minimum Gasteiger partial charge on any atom is -0.451 e. The van der Waals surface area contributed by atoms with E-state index in [-0.39, 0.29) is 17.9 Å². The predicted molar refractivity (Wildman–Crippen MR) is 73.3 cm³/mol. The van der Waals surface area contributed by atoms with Crippen molar-refractivity contribution in [2.24, 2.45) is 0 Å². The maximum absolute atomic E-state index is 12.0. The van der Waals surface area contributed by atoms with Gasteiger partial charge in [0.05, 0.1) is 11.6 Å². The summed E-state index contributed by atoms with van der Waals surface area (Å²) in [5, 5.41) is 4.51. The average molecular weight is 266 g/mol. The molecule has 0 aliphatic carbocycles. The van der Waals surface area contributed by atoms with E-state index < -0.39 is 0 Å². The fraction of sp³-hybridized carbons (Fsp3) is 0.357. The molecule has 0 radical (unpaired) electrons. The molecule has 0 aliphatic rings. The Balaban J connectivity index is 2.21. The summed E-state index contributed by atoms with van der Waals surface area (Å²) < 4.78 is 5.50. The molecule has 4 heteroatoms. The molecule has 1 aromatic heterocycles. The SMILES string of the molecule is CC(C)(C)NCC(=O)c1cc2cccc(Cl)c2o1. The zero-order valence-corrected chi connectivity index (χ0v) is 11.5. The number of hydrogen-bond donors (Lipinski definition) is 1. The van der Waals surface area contributed by atoms with E-state index in [4.69, 9.17) is 16.0 Å². The average Bonchev–Trinajstić information content (AvgIpc) is 2.70. The number of rotatable bonds is 3. The largest absolute Gasteiger partial charge is 0.451 e. The molecule has 0 bridgehead atoms. The Morgan fingerprint density at radius 2 is 2.11 bits per heavy atom. The van der Waals surface area contributed by atoms with E-state index in [1.165, 1.54) is 0 Å².